The van der Waals surface area contributed by atoms with Crippen LogP contribution in [0.3, 0.4) is 0 Å². The number of aryl methyl sites for hydroxylation is 2. The van der Waals surface area contributed by atoms with Crippen LogP contribution in [0.1, 0.15) is 41.3 Å². The zero-order valence-electron chi connectivity index (χ0n) is 17.3. The van der Waals surface area contributed by atoms with Crippen molar-refractivity contribution in [3.63, 3.8) is 0 Å². The van der Waals surface area contributed by atoms with Crippen LogP contribution in [-0.4, -0.2) is 36.7 Å². The molecule has 1 aliphatic heterocycles. The molecule has 4 rings (SSSR count). The van der Waals surface area contributed by atoms with Crippen LogP contribution in [0.2, 0.25) is 0 Å². The third-order valence-electron chi connectivity index (χ3n) is 5.41. The smallest absolute Gasteiger partial charge is 0.257 e. The average molecular weight is 444 g/mol. The first-order valence-corrected chi connectivity index (χ1v) is 12.3. The van der Waals surface area contributed by atoms with Crippen molar-refractivity contribution in [2.45, 2.75) is 38.5 Å². The number of rotatable bonds is 4. The summed E-state index contributed by atoms with van der Waals surface area (Å²) in [6.45, 7) is 7.21. The molecule has 1 saturated heterocycles. The lowest BCUT2D eigenvalue weighted by atomic mass is 10.0. The monoisotopic (exact) mass is 443 g/mol. The summed E-state index contributed by atoms with van der Waals surface area (Å²) in [5.74, 6) is 0.0544. The number of carbonyl (C=O) groups is 1. The molecule has 0 aliphatic carbocycles. The first-order chi connectivity index (χ1) is 14.2. The van der Waals surface area contributed by atoms with Crippen molar-refractivity contribution in [2.24, 2.45) is 5.92 Å². The fraction of sp³-hybridized carbons (Fsp3) is 0.364. The summed E-state index contributed by atoms with van der Waals surface area (Å²) in [5.41, 5.74) is 3.52. The van der Waals surface area contributed by atoms with Crippen molar-refractivity contribution in [2.75, 3.05) is 18.4 Å². The topological polar surface area (TPSA) is 79.4 Å². The lowest BCUT2D eigenvalue weighted by Gasteiger charge is -2.30. The molecule has 0 bridgehead atoms. The van der Waals surface area contributed by atoms with Crippen LogP contribution in [0, 0.1) is 19.8 Å². The zero-order valence-corrected chi connectivity index (χ0v) is 18.9. The highest BCUT2D eigenvalue weighted by molar-refractivity contribution is 7.89. The quantitative estimate of drug-likeness (QED) is 0.640. The lowest BCUT2D eigenvalue weighted by molar-refractivity contribution is 0.102. The number of amides is 1. The van der Waals surface area contributed by atoms with Crippen molar-refractivity contribution >= 4 is 42.6 Å². The molecular formula is C22H25N3O3S2. The zero-order chi connectivity index (χ0) is 21.5. The minimum atomic E-state index is -3.53. The van der Waals surface area contributed by atoms with Gasteiger partial charge in [0, 0.05) is 18.7 Å². The molecule has 1 aliphatic rings. The van der Waals surface area contributed by atoms with Crippen LogP contribution in [0.15, 0.2) is 41.3 Å². The third kappa shape index (κ3) is 4.12. The first-order valence-electron chi connectivity index (χ1n) is 10.0. The number of hydrogen-bond donors (Lipinski definition) is 1. The van der Waals surface area contributed by atoms with Crippen LogP contribution >= 0.6 is 11.3 Å². The maximum absolute atomic E-state index is 12.9. The molecule has 6 nitrogen and oxygen atoms in total. The number of benzene rings is 2. The Morgan fingerprint density at radius 3 is 2.63 bits per heavy atom. The number of thiazole rings is 1. The predicted molar refractivity (Wildman–Crippen MR) is 121 cm³/mol. The van der Waals surface area contributed by atoms with Gasteiger partial charge in [0.2, 0.25) is 10.0 Å². The van der Waals surface area contributed by atoms with Crippen molar-refractivity contribution in [3.8, 4) is 0 Å². The standard InChI is InChI=1S/C22H25N3O3S2/c1-14-5-4-10-25(13-14)30(27,28)18-8-6-17(7-9-18)21(26)24-22-23-19-12-15(2)11-16(3)20(19)29-22/h6-9,11-12,14H,4-5,10,13H2,1-3H3,(H,23,24,26)/t14-/m0/s1. The highest BCUT2D eigenvalue weighted by atomic mass is 32.2. The Morgan fingerprint density at radius 1 is 1.20 bits per heavy atom. The summed E-state index contributed by atoms with van der Waals surface area (Å²) in [4.78, 5) is 17.4. The van der Waals surface area contributed by atoms with E-state index in [1.165, 1.54) is 23.5 Å². The Kier molecular flexibility index (Phi) is 5.65. The van der Waals surface area contributed by atoms with Crippen molar-refractivity contribution in [1.29, 1.82) is 0 Å². The second-order valence-electron chi connectivity index (χ2n) is 8.04. The van der Waals surface area contributed by atoms with E-state index in [4.69, 9.17) is 0 Å². The molecule has 158 valence electrons. The molecule has 1 fully saturated rings. The van der Waals surface area contributed by atoms with E-state index in [2.05, 4.69) is 23.3 Å². The Balaban J connectivity index is 1.51. The molecule has 8 heteroatoms. The van der Waals surface area contributed by atoms with Gasteiger partial charge in [0.05, 0.1) is 15.1 Å². The largest absolute Gasteiger partial charge is 0.298 e. The van der Waals surface area contributed by atoms with Gasteiger partial charge in [-0.15, -0.1) is 0 Å². The highest BCUT2D eigenvalue weighted by Gasteiger charge is 2.28. The maximum atomic E-state index is 12.9. The van der Waals surface area contributed by atoms with E-state index in [1.54, 1.807) is 16.4 Å². The minimum Gasteiger partial charge on any atom is -0.298 e. The second-order valence-corrected chi connectivity index (χ2v) is 11.0. The summed E-state index contributed by atoms with van der Waals surface area (Å²) >= 11 is 1.44. The lowest BCUT2D eigenvalue weighted by Crippen LogP contribution is -2.39. The van der Waals surface area contributed by atoms with Crippen LogP contribution in [0.4, 0.5) is 5.13 Å². The summed E-state index contributed by atoms with van der Waals surface area (Å²) in [7, 11) is -3.53. The first kappa shape index (κ1) is 21.0. The number of hydrogen-bond acceptors (Lipinski definition) is 5. The van der Waals surface area contributed by atoms with Gasteiger partial charge in [0.25, 0.3) is 5.91 Å². The SMILES string of the molecule is Cc1cc(C)c2sc(NC(=O)c3ccc(S(=O)(=O)N4CCC[C@H](C)C4)cc3)nc2c1. The highest BCUT2D eigenvalue weighted by Crippen LogP contribution is 2.30. The number of nitrogens with zero attached hydrogens (tertiary/aromatic N) is 2. The van der Waals surface area contributed by atoms with Gasteiger partial charge in [-0.1, -0.05) is 24.3 Å². The predicted octanol–water partition coefficient (Wildman–Crippen LogP) is 4.59. The van der Waals surface area contributed by atoms with Gasteiger partial charge in [-0.2, -0.15) is 4.31 Å². The molecule has 2 heterocycles. The van der Waals surface area contributed by atoms with Crippen molar-refractivity contribution < 1.29 is 13.2 Å². The summed E-state index contributed by atoms with van der Waals surface area (Å²) in [5, 5.41) is 3.36. The van der Waals surface area contributed by atoms with Crippen LogP contribution in [0.25, 0.3) is 10.2 Å². The minimum absolute atomic E-state index is 0.222. The van der Waals surface area contributed by atoms with E-state index >= 15 is 0 Å². The normalized spacial score (nSPS) is 17.9. The van der Waals surface area contributed by atoms with E-state index in [1.807, 2.05) is 19.9 Å². The average Bonchev–Trinajstić information content (AvgIpc) is 3.10. The molecule has 1 atom stereocenters. The molecule has 1 amide bonds. The van der Waals surface area contributed by atoms with Crippen LogP contribution < -0.4 is 5.32 Å². The molecule has 1 aromatic heterocycles. The Morgan fingerprint density at radius 2 is 1.93 bits per heavy atom. The molecule has 0 saturated carbocycles. The van der Waals surface area contributed by atoms with E-state index < -0.39 is 10.0 Å². The Bertz CT molecular complexity index is 1200. The van der Waals surface area contributed by atoms with Gasteiger partial charge in [0.15, 0.2) is 5.13 Å². The Hall–Kier alpha value is -2.29. The molecular weight excluding hydrogens is 418 g/mol. The van der Waals surface area contributed by atoms with Crippen LogP contribution in [0.5, 0.6) is 0 Å². The van der Waals surface area contributed by atoms with E-state index in [9.17, 15) is 13.2 Å². The molecule has 2 aromatic carbocycles. The fourth-order valence-electron chi connectivity index (χ4n) is 3.89. The number of sulfonamides is 1. The molecule has 30 heavy (non-hydrogen) atoms. The van der Waals surface area contributed by atoms with Crippen LogP contribution in [-0.2, 0) is 10.0 Å². The van der Waals surface area contributed by atoms with Gasteiger partial charge in [0.1, 0.15) is 0 Å². The molecule has 0 unspecified atom stereocenters. The Labute approximate surface area is 181 Å². The van der Waals surface area contributed by atoms with Gasteiger partial charge in [-0.05, 0) is 74.1 Å². The molecule has 0 spiro atoms. The molecule has 1 N–H and O–H groups in total. The number of aromatic nitrogens is 1. The van der Waals surface area contributed by atoms with Crippen molar-refractivity contribution in [1.82, 2.24) is 9.29 Å². The number of fused-ring (bicyclic) bond motifs is 1. The van der Waals surface area contributed by atoms with Gasteiger partial charge < -0.3 is 0 Å². The second kappa shape index (κ2) is 8.09. The number of carbonyl (C=O) groups excluding carboxylic acids is 1. The number of anilines is 1. The number of nitrogens with one attached hydrogen (secondary N) is 1. The fourth-order valence-corrected chi connectivity index (χ4v) is 6.40. The molecule has 3 aromatic rings. The van der Waals surface area contributed by atoms with Gasteiger partial charge >= 0.3 is 0 Å². The van der Waals surface area contributed by atoms with Gasteiger partial charge in [-0.25, -0.2) is 13.4 Å². The molecule has 0 radical (unpaired) electrons. The van der Waals surface area contributed by atoms with E-state index in [-0.39, 0.29) is 10.8 Å². The van der Waals surface area contributed by atoms with Crippen molar-refractivity contribution in [3.05, 3.63) is 53.1 Å². The summed E-state index contributed by atoms with van der Waals surface area (Å²) in [6.07, 6.45) is 1.93. The van der Waals surface area contributed by atoms with E-state index in [0.717, 1.165) is 34.2 Å². The summed E-state index contributed by atoms with van der Waals surface area (Å²) < 4.78 is 28.4. The van der Waals surface area contributed by atoms with E-state index in [0.29, 0.717) is 29.7 Å². The maximum Gasteiger partial charge on any atom is 0.257 e. The third-order valence-corrected chi connectivity index (χ3v) is 8.42. The summed E-state index contributed by atoms with van der Waals surface area (Å²) in [6, 6.07) is 10.2. The number of piperidine rings is 1. The van der Waals surface area contributed by atoms with Gasteiger partial charge in [-0.3, -0.25) is 10.1 Å².